The predicted molar refractivity (Wildman–Crippen MR) is 49.3 cm³/mol. The van der Waals surface area contributed by atoms with Crippen molar-refractivity contribution >= 4 is 5.97 Å². The van der Waals surface area contributed by atoms with Gasteiger partial charge in [0.1, 0.15) is 0 Å². The Hall–Kier alpha value is -0.570. The SMILES string of the molecule is CCOC(=O)C1CCN2CCCC12. The van der Waals surface area contributed by atoms with E-state index in [1.165, 1.54) is 19.4 Å². The number of hydrogen-bond acceptors (Lipinski definition) is 3. The summed E-state index contributed by atoms with van der Waals surface area (Å²) >= 11 is 0. The average Bonchev–Trinajstić information content (AvgIpc) is 2.62. The molecule has 2 heterocycles. The molecule has 0 aromatic heterocycles. The number of esters is 1. The van der Waals surface area contributed by atoms with E-state index in [9.17, 15) is 4.79 Å². The molecule has 0 radical (unpaired) electrons. The smallest absolute Gasteiger partial charge is 0.310 e. The Bertz CT molecular complexity index is 205. The second-order valence-corrected chi connectivity index (χ2v) is 3.89. The van der Waals surface area contributed by atoms with Crippen LogP contribution in [-0.2, 0) is 9.53 Å². The third-order valence-corrected chi connectivity index (χ3v) is 3.20. The van der Waals surface area contributed by atoms with Crippen molar-refractivity contribution in [1.29, 1.82) is 0 Å². The molecule has 0 N–H and O–H groups in total. The number of ether oxygens (including phenoxy) is 1. The van der Waals surface area contributed by atoms with E-state index in [4.69, 9.17) is 4.74 Å². The van der Waals surface area contributed by atoms with Gasteiger partial charge in [-0.3, -0.25) is 9.69 Å². The maximum atomic E-state index is 11.5. The number of fused-ring (bicyclic) bond motifs is 1. The number of carbonyl (C=O) groups is 1. The van der Waals surface area contributed by atoms with Crippen LogP contribution in [0.3, 0.4) is 0 Å². The highest BCUT2D eigenvalue weighted by molar-refractivity contribution is 5.73. The molecule has 3 nitrogen and oxygen atoms in total. The van der Waals surface area contributed by atoms with Crippen molar-refractivity contribution in [3.05, 3.63) is 0 Å². The van der Waals surface area contributed by atoms with Crippen LogP contribution in [0.2, 0.25) is 0 Å². The summed E-state index contributed by atoms with van der Waals surface area (Å²) in [4.78, 5) is 14.0. The van der Waals surface area contributed by atoms with Crippen LogP contribution in [0.4, 0.5) is 0 Å². The molecular formula is C10H17NO2. The largest absolute Gasteiger partial charge is 0.466 e. The van der Waals surface area contributed by atoms with Crippen molar-refractivity contribution in [3.8, 4) is 0 Å². The number of carbonyl (C=O) groups excluding carboxylic acids is 1. The minimum absolute atomic E-state index is 0.0249. The van der Waals surface area contributed by atoms with E-state index in [-0.39, 0.29) is 11.9 Å². The van der Waals surface area contributed by atoms with Gasteiger partial charge in [0.25, 0.3) is 0 Å². The Kier molecular flexibility index (Phi) is 2.54. The first-order chi connectivity index (χ1) is 6.33. The molecule has 2 aliphatic heterocycles. The number of rotatable bonds is 2. The molecule has 2 aliphatic rings. The molecule has 2 saturated heterocycles. The lowest BCUT2D eigenvalue weighted by Crippen LogP contribution is -2.31. The molecule has 0 aliphatic carbocycles. The Morgan fingerprint density at radius 1 is 1.46 bits per heavy atom. The normalized spacial score (nSPS) is 33.3. The van der Waals surface area contributed by atoms with E-state index in [1.54, 1.807) is 0 Å². The lowest BCUT2D eigenvalue weighted by molar-refractivity contribution is -0.148. The van der Waals surface area contributed by atoms with Crippen molar-refractivity contribution in [2.75, 3.05) is 19.7 Å². The predicted octanol–water partition coefficient (Wildman–Crippen LogP) is 1.03. The molecule has 0 amide bonds. The minimum atomic E-state index is 0.0249. The summed E-state index contributed by atoms with van der Waals surface area (Å²) in [6, 6.07) is 0.499. The fourth-order valence-corrected chi connectivity index (χ4v) is 2.61. The van der Waals surface area contributed by atoms with Crippen molar-refractivity contribution in [3.63, 3.8) is 0 Å². The molecule has 0 aromatic rings. The highest BCUT2D eigenvalue weighted by Gasteiger charge is 2.41. The Labute approximate surface area is 79.0 Å². The van der Waals surface area contributed by atoms with E-state index in [0.29, 0.717) is 12.6 Å². The quantitative estimate of drug-likeness (QED) is 0.599. The lowest BCUT2D eigenvalue weighted by atomic mass is 9.99. The maximum Gasteiger partial charge on any atom is 0.310 e. The first-order valence-corrected chi connectivity index (χ1v) is 5.23. The van der Waals surface area contributed by atoms with Gasteiger partial charge in [0.15, 0.2) is 0 Å². The second kappa shape index (κ2) is 3.66. The molecule has 3 heteroatoms. The molecule has 2 atom stereocenters. The summed E-state index contributed by atoms with van der Waals surface area (Å²) in [5.74, 6) is 0.194. The zero-order valence-corrected chi connectivity index (χ0v) is 8.16. The molecule has 0 saturated carbocycles. The Morgan fingerprint density at radius 3 is 3.08 bits per heavy atom. The summed E-state index contributed by atoms with van der Waals surface area (Å²) in [7, 11) is 0. The van der Waals surface area contributed by atoms with Crippen molar-refractivity contribution < 1.29 is 9.53 Å². The topological polar surface area (TPSA) is 29.5 Å². The average molecular weight is 183 g/mol. The van der Waals surface area contributed by atoms with E-state index >= 15 is 0 Å². The number of nitrogens with zero attached hydrogens (tertiary/aromatic N) is 1. The summed E-state index contributed by atoms with van der Waals surface area (Å²) in [6.07, 6.45) is 3.44. The van der Waals surface area contributed by atoms with Gasteiger partial charge in [-0.2, -0.15) is 0 Å². The number of hydrogen-bond donors (Lipinski definition) is 0. The van der Waals surface area contributed by atoms with E-state index in [2.05, 4.69) is 4.90 Å². The highest BCUT2D eigenvalue weighted by Crippen LogP contribution is 2.33. The van der Waals surface area contributed by atoms with Crippen LogP contribution in [0, 0.1) is 5.92 Å². The van der Waals surface area contributed by atoms with Crippen molar-refractivity contribution in [1.82, 2.24) is 4.90 Å². The van der Waals surface area contributed by atoms with Crippen LogP contribution in [-0.4, -0.2) is 36.6 Å². The van der Waals surface area contributed by atoms with Crippen LogP contribution < -0.4 is 0 Å². The highest BCUT2D eigenvalue weighted by atomic mass is 16.5. The van der Waals surface area contributed by atoms with Crippen molar-refractivity contribution in [2.24, 2.45) is 5.92 Å². The van der Waals surface area contributed by atoms with Crippen molar-refractivity contribution in [2.45, 2.75) is 32.2 Å². The van der Waals surface area contributed by atoms with Crippen LogP contribution in [0.15, 0.2) is 0 Å². The fraction of sp³-hybridized carbons (Fsp3) is 0.900. The third-order valence-electron chi connectivity index (χ3n) is 3.20. The summed E-state index contributed by atoms with van der Waals surface area (Å²) in [5.41, 5.74) is 0. The summed E-state index contributed by atoms with van der Waals surface area (Å²) in [5, 5.41) is 0. The molecule has 2 unspecified atom stereocenters. The Balaban J connectivity index is 1.96. The van der Waals surface area contributed by atoms with Gasteiger partial charge in [0, 0.05) is 6.04 Å². The zero-order valence-electron chi connectivity index (χ0n) is 8.16. The zero-order chi connectivity index (χ0) is 9.26. The van der Waals surface area contributed by atoms with Gasteiger partial charge in [-0.15, -0.1) is 0 Å². The molecule has 2 rings (SSSR count). The molecular weight excluding hydrogens is 166 g/mol. The van der Waals surface area contributed by atoms with Gasteiger partial charge in [0.2, 0.25) is 0 Å². The lowest BCUT2D eigenvalue weighted by Gasteiger charge is -2.18. The molecule has 13 heavy (non-hydrogen) atoms. The molecule has 0 bridgehead atoms. The van der Waals surface area contributed by atoms with Crippen LogP contribution in [0.25, 0.3) is 0 Å². The standard InChI is InChI=1S/C10H17NO2/c1-2-13-10(12)8-5-7-11-6-3-4-9(8)11/h8-9H,2-7H2,1H3. The molecule has 0 aromatic carbocycles. The van der Waals surface area contributed by atoms with Gasteiger partial charge in [-0.05, 0) is 39.3 Å². The van der Waals surface area contributed by atoms with Gasteiger partial charge in [-0.25, -0.2) is 0 Å². The van der Waals surface area contributed by atoms with Gasteiger partial charge in [-0.1, -0.05) is 0 Å². The molecule has 2 fully saturated rings. The van der Waals surface area contributed by atoms with Gasteiger partial charge < -0.3 is 4.74 Å². The Morgan fingerprint density at radius 2 is 2.31 bits per heavy atom. The first kappa shape index (κ1) is 9.00. The van der Waals surface area contributed by atoms with Crippen LogP contribution >= 0.6 is 0 Å². The molecule has 0 spiro atoms. The van der Waals surface area contributed by atoms with Gasteiger partial charge in [0.05, 0.1) is 12.5 Å². The summed E-state index contributed by atoms with van der Waals surface area (Å²) in [6.45, 7) is 4.66. The fourth-order valence-electron chi connectivity index (χ4n) is 2.61. The second-order valence-electron chi connectivity index (χ2n) is 3.89. The monoisotopic (exact) mass is 183 g/mol. The van der Waals surface area contributed by atoms with E-state index < -0.39 is 0 Å². The third kappa shape index (κ3) is 1.57. The van der Waals surface area contributed by atoms with E-state index in [1.807, 2.05) is 6.92 Å². The van der Waals surface area contributed by atoms with Crippen LogP contribution in [0.1, 0.15) is 26.2 Å². The molecule has 74 valence electrons. The first-order valence-electron chi connectivity index (χ1n) is 5.23. The minimum Gasteiger partial charge on any atom is -0.466 e. The maximum absolute atomic E-state index is 11.5. The van der Waals surface area contributed by atoms with E-state index in [0.717, 1.165) is 13.0 Å². The van der Waals surface area contributed by atoms with Gasteiger partial charge >= 0.3 is 5.97 Å². The van der Waals surface area contributed by atoms with Crippen LogP contribution in [0.5, 0.6) is 0 Å². The summed E-state index contributed by atoms with van der Waals surface area (Å²) < 4.78 is 5.07.